The normalized spacial score (nSPS) is 13.3. The highest BCUT2D eigenvalue weighted by molar-refractivity contribution is 6.98. The second-order valence-electron chi connectivity index (χ2n) is 7.57. The molecule has 3 heterocycles. The Labute approximate surface area is 167 Å². The number of hydrogen-bond acceptors (Lipinski definition) is 3. The minimum absolute atomic E-state index is 0.0960. The van der Waals surface area contributed by atoms with Gasteiger partial charge in [0.25, 0.3) is 6.71 Å². The molecule has 0 spiro atoms. The Morgan fingerprint density at radius 2 is 1.41 bits per heavy atom. The fourth-order valence-corrected chi connectivity index (χ4v) is 4.78. The lowest BCUT2D eigenvalue weighted by atomic mass is 9.34. The minimum Gasteiger partial charge on any atom is -0.458 e. The van der Waals surface area contributed by atoms with Gasteiger partial charge in [0, 0.05) is 27.8 Å². The molecule has 2 aliphatic rings. The lowest BCUT2D eigenvalue weighted by Crippen LogP contribution is -2.57. The van der Waals surface area contributed by atoms with Crippen LogP contribution in [0.3, 0.4) is 0 Å². The van der Waals surface area contributed by atoms with Crippen LogP contribution in [-0.4, -0.2) is 11.7 Å². The van der Waals surface area contributed by atoms with E-state index in [0.717, 1.165) is 50.1 Å². The number of benzene rings is 4. The molecule has 7 rings (SSSR count). The molecule has 5 aromatic rings. The van der Waals surface area contributed by atoms with E-state index in [9.17, 15) is 0 Å². The first kappa shape index (κ1) is 15.2. The summed E-state index contributed by atoms with van der Waals surface area (Å²) in [7, 11) is 0. The predicted octanol–water partition coefficient (Wildman–Crippen LogP) is 4.12. The molecule has 3 nitrogen and oxygen atoms in total. The monoisotopic (exact) mass is 371 g/mol. The van der Waals surface area contributed by atoms with E-state index in [1.54, 1.807) is 0 Å². The molecule has 0 N–H and O–H groups in total. The third-order valence-electron chi connectivity index (χ3n) is 6.02. The summed E-state index contributed by atoms with van der Waals surface area (Å²) >= 11 is 0. The van der Waals surface area contributed by atoms with Crippen molar-refractivity contribution >= 4 is 44.8 Å². The first-order chi connectivity index (χ1) is 14.4. The summed E-state index contributed by atoms with van der Waals surface area (Å²) in [5.41, 5.74) is 4.42. The van der Waals surface area contributed by atoms with E-state index in [1.807, 2.05) is 36.5 Å². The van der Waals surface area contributed by atoms with Crippen molar-refractivity contribution in [1.29, 1.82) is 0 Å². The highest BCUT2D eigenvalue weighted by atomic mass is 16.5. The maximum absolute atomic E-state index is 6.49. The molecule has 0 atom stereocenters. The van der Waals surface area contributed by atoms with Gasteiger partial charge in [-0.25, -0.2) is 0 Å². The second kappa shape index (κ2) is 5.39. The maximum atomic E-state index is 6.49. The lowest BCUT2D eigenvalue weighted by molar-refractivity contribution is 0.468. The van der Waals surface area contributed by atoms with Gasteiger partial charge in [-0.3, -0.25) is 4.98 Å². The van der Waals surface area contributed by atoms with Gasteiger partial charge in [-0.1, -0.05) is 48.5 Å². The van der Waals surface area contributed by atoms with E-state index in [1.165, 1.54) is 10.9 Å². The van der Waals surface area contributed by atoms with Crippen LogP contribution in [0.4, 0.5) is 0 Å². The summed E-state index contributed by atoms with van der Waals surface area (Å²) < 4.78 is 12.9. The number of nitrogens with zero attached hydrogens (tertiary/aromatic N) is 1. The van der Waals surface area contributed by atoms with Crippen LogP contribution in [0.15, 0.2) is 85.1 Å². The molecule has 4 heteroatoms. The second-order valence-corrected chi connectivity index (χ2v) is 7.57. The molecule has 1 aromatic heterocycles. The molecule has 2 aliphatic heterocycles. The molecule has 0 saturated carbocycles. The Balaban J connectivity index is 1.65. The largest absolute Gasteiger partial charge is 0.458 e. The van der Waals surface area contributed by atoms with Crippen LogP contribution in [0.1, 0.15) is 0 Å². The molecule has 0 fully saturated rings. The Hall–Kier alpha value is -3.79. The zero-order valence-electron chi connectivity index (χ0n) is 15.4. The van der Waals surface area contributed by atoms with Crippen LogP contribution in [-0.2, 0) is 0 Å². The van der Waals surface area contributed by atoms with Crippen LogP contribution in [0, 0.1) is 0 Å². The summed E-state index contributed by atoms with van der Waals surface area (Å²) in [6, 6.07) is 27.0. The van der Waals surface area contributed by atoms with E-state index >= 15 is 0 Å². The van der Waals surface area contributed by atoms with Crippen molar-refractivity contribution < 1.29 is 9.47 Å². The predicted molar refractivity (Wildman–Crippen MR) is 117 cm³/mol. The molecule has 0 unspecified atom stereocenters. The zero-order chi connectivity index (χ0) is 18.9. The van der Waals surface area contributed by atoms with E-state index in [4.69, 9.17) is 9.47 Å². The smallest absolute Gasteiger partial charge is 0.260 e. The van der Waals surface area contributed by atoms with E-state index in [2.05, 4.69) is 53.5 Å². The maximum Gasteiger partial charge on any atom is 0.260 e. The molecule has 0 aliphatic carbocycles. The average Bonchev–Trinajstić information content (AvgIpc) is 2.78. The van der Waals surface area contributed by atoms with Gasteiger partial charge in [-0.2, -0.15) is 0 Å². The van der Waals surface area contributed by atoms with Crippen molar-refractivity contribution in [3.05, 3.63) is 85.1 Å². The number of aromatic nitrogens is 1. The van der Waals surface area contributed by atoms with Crippen molar-refractivity contribution in [1.82, 2.24) is 4.98 Å². The fraction of sp³-hybridized carbons (Fsp3) is 0. The lowest BCUT2D eigenvalue weighted by Gasteiger charge is -2.33. The van der Waals surface area contributed by atoms with Gasteiger partial charge in [0.15, 0.2) is 0 Å². The van der Waals surface area contributed by atoms with Crippen LogP contribution < -0.4 is 25.9 Å². The molecule has 134 valence electrons. The summed E-state index contributed by atoms with van der Waals surface area (Å²) in [5, 5.41) is 3.22. The zero-order valence-corrected chi connectivity index (χ0v) is 15.4. The van der Waals surface area contributed by atoms with E-state index < -0.39 is 0 Å². The molecule has 4 aromatic carbocycles. The Kier molecular flexibility index (Phi) is 2.82. The highest BCUT2D eigenvalue weighted by Gasteiger charge is 2.40. The van der Waals surface area contributed by atoms with Crippen molar-refractivity contribution in [2.24, 2.45) is 0 Å². The highest BCUT2D eigenvalue weighted by Crippen LogP contribution is 2.41. The Morgan fingerprint density at radius 3 is 2.24 bits per heavy atom. The number of pyridine rings is 1. The van der Waals surface area contributed by atoms with Crippen molar-refractivity contribution in [2.45, 2.75) is 0 Å². The first-order valence-corrected chi connectivity index (χ1v) is 9.76. The fourth-order valence-electron chi connectivity index (χ4n) is 4.78. The number of para-hydroxylation sites is 2. The SMILES string of the molecule is c1ccc2c(c1)Oc1cc3c(ccc4cccnc43)c3c1B2c1ccccc1O3. The van der Waals surface area contributed by atoms with E-state index in [0.29, 0.717) is 0 Å². The number of rotatable bonds is 0. The number of ether oxygens (including phenoxy) is 2. The van der Waals surface area contributed by atoms with Crippen LogP contribution in [0.25, 0.3) is 21.7 Å². The average molecular weight is 371 g/mol. The van der Waals surface area contributed by atoms with Crippen molar-refractivity contribution in [3.8, 4) is 23.0 Å². The Bertz CT molecular complexity index is 1470. The van der Waals surface area contributed by atoms with Crippen molar-refractivity contribution in [2.75, 3.05) is 0 Å². The molecular weight excluding hydrogens is 357 g/mol. The van der Waals surface area contributed by atoms with Gasteiger partial charge in [-0.15, -0.1) is 0 Å². The topological polar surface area (TPSA) is 31.4 Å². The van der Waals surface area contributed by atoms with Gasteiger partial charge >= 0.3 is 0 Å². The Morgan fingerprint density at radius 1 is 0.655 bits per heavy atom. The quantitative estimate of drug-likeness (QED) is 0.297. The number of fused-ring (bicyclic) bond motifs is 8. The molecule has 0 radical (unpaired) electrons. The van der Waals surface area contributed by atoms with E-state index in [-0.39, 0.29) is 6.71 Å². The first-order valence-electron chi connectivity index (χ1n) is 9.76. The van der Waals surface area contributed by atoms with Crippen LogP contribution in [0.5, 0.6) is 23.0 Å². The molecule has 0 bridgehead atoms. The third kappa shape index (κ3) is 1.95. The molecular formula is C25H14BNO2. The third-order valence-corrected chi connectivity index (χ3v) is 6.02. The van der Waals surface area contributed by atoms with Crippen LogP contribution in [0.2, 0.25) is 0 Å². The van der Waals surface area contributed by atoms with Gasteiger partial charge in [0.2, 0.25) is 0 Å². The minimum atomic E-state index is 0.0960. The van der Waals surface area contributed by atoms with Gasteiger partial charge in [0.1, 0.15) is 23.0 Å². The number of hydrogen-bond donors (Lipinski definition) is 0. The summed E-state index contributed by atoms with van der Waals surface area (Å²) in [6.45, 7) is 0.0960. The van der Waals surface area contributed by atoms with Gasteiger partial charge in [-0.05, 0) is 41.3 Å². The van der Waals surface area contributed by atoms with Crippen molar-refractivity contribution in [3.63, 3.8) is 0 Å². The molecule has 0 amide bonds. The molecule has 29 heavy (non-hydrogen) atoms. The summed E-state index contributed by atoms with van der Waals surface area (Å²) in [5.74, 6) is 3.54. The summed E-state index contributed by atoms with van der Waals surface area (Å²) in [6.07, 6.45) is 1.84. The van der Waals surface area contributed by atoms with Gasteiger partial charge in [0.05, 0.1) is 5.52 Å². The standard InChI is InChI=1S/C25H14BNO2/c1-3-9-20-18(7-1)26-19-8-2-4-10-21(19)29-25-16-12-11-15-6-5-13-27-24(15)17(16)14-22(28-20)23(25)26/h1-14H. The van der Waals surface area contributed by atoms with Crippen LogP contribution >= 0.6 is 0 Å². The van der Waals surface area contributed by atoms with Gasteiger partial charge < -0.3 is 9.47 Å². The summed E-state index contributed by atoms with van der Waals surface area (Å²) in [4.78, 5) is 4.65. The molecule has 0 saturated heterocycles.